The number of nitrogens with zero attached hydrogens (tertiary/aromatic N) is 1. The summed E-state index contributed by atoms with van der Waals surface area (Å²) in [5, 5.41) is 3.01. The summed E-state index contributed by atoms with van der Waals surface area (Å²) in [6.07, 6.45) is 2.40. The molecule has 1 heterocycles. The van der Waals surface area contributed by atoms with Crippen molar-refractivity contribution in [2.75, 3.05) is 19.7 Å². The monoisotopic (exact) mass is 285 g/mol. The predicted molar refractivity (Wildman–Crippen MR) is 77.3 cm³/mol. The molecule has 0 aromatic rings. The van der Waals surface area contributed by atoms with Gasteiger partial charge in [-0.3, -0.25) is 4.79 Å². The Hall–Kier alpha value is -1.30. The lowest BCUT2D eigenvalue weighted by Crippen LogP contribution is -2.47. The molecule has 0 aromatic carbocycles. The van der Waals surface area contributed by atoms with Crippen LogP contribution in [0.2, 0.25) is 0 Å². The molecular weight excluding hydrogens is 258 g/mol. The zero-order valence-electron chi connectivity index (χ0n) is 12.8. The molecule has 0 aromatic heterocycles. The standard InChI is InChI=1S/C14H27N3O3/c1-4-20-13(19)17-9-6-11(7-10-17)16-12(18)5-8-14(2,3)15/h11H,4-10,15H2,1-3H3,(H,16,18). The van der Waals surface area contributed by atoms with Crippen molar-refractivity contribution >= 4 is 12.0 Å². The summed E-state index contributed by atoms with van der Waals surface area (Å²) in [4.78, 5) is 25.0. The highest BCUT2D eigenvalue weighted by atomic mass is 16.6. The summed E-state index contributed by atoms with van der Waals surface area (Å²) in [6, 6.07) is 0.147. The summed E-state index contributed by atoms with van der Waals surface area (Å²) >= 11 is 0. The molecule has 6 nitrogen and oxygen atoms in total. The van der Waals surface area contributed by atoms with Gasteiger partial charge in [0.2, 0.25) is 5.91 Å². The summed E-state index contributed by atoms with van der Waals surface area (Å²) in [7, 11) is 0. The number of carbonyl (C=O) groups excluding carboxylic acids is 2. The Kier molecular flexibility index (Phi) is 6.26. The van der Waals surface area contributed by atoms with Gasteiger partial charge in [0.25, 0.3) is 0 Å². The number of rotatable bonds is 5. The molecule has 6 heteroatoms. The van der Waals surface area contributed by atoms with Crippen molar-refractivity contribution in [3.05, 3.63) is 0 Å². The van der Waals surface area contributed by atoms with Gasteiger partial charge < -0.3 is 20.7 Å². The molecule has 0 radical (unpaired) electrons. The van der Waals surface area contributed by atoms with Gasteiger partial charge in [-0.15, -0.1) is 0 Å². The quantitative estimate of drug-likeness (QED) is 0.796. The van der Waals surface area contributed by atoms with Gasteiger partial charge in [-0.1, -0.05) is 0 Å². The van der Waals surface area contributed by atoms with Crippen LogP contribution >= 0.6 is 0 Å². The van der Waals surface area contributed by atoms with Gasteiger partial charge in [0.15, 0.2) is 0 Å². The molecule has 1 aliphatic heterocycles. The molecule has 0 atom stereocenters. The topological polar surface area (TPSA) is 84.7 Å². The highest BCUT2D eigenvalue weighted by Crippen LogP contribution is 2.13. The first-order valence-electron chi connectivity index (χ1n) is 7.32. The third-order valence-corrected chi connectivity index (χ3v) is 3.38. The van der Waals surface area contributed by atoms with Gasteiger partial charge in [-0.2, -0.15) is 0 Å². The molecule has 116 valence electrons. The number of piperidine rings is 1. The van der Waals surface area contributed by atoms with Crippen molar-refractivity contribution in [3.8, 4) is 0 Å². The fourth-order valence-electron chi connectivity index (χ4n) is 2.16. The number of amides is 2. The average molecular weight is 285 g/mol. The van der Waals surface area contributed by atoms with E-state index in [2.05, 4.69) is 5.32 Å². The van der Waals surface area contributed by atoms with E-state index in [4.69, 9.17) is 10.5 Å². The van der Waals surface area contributed by atoms with Crippen LogP contribution in [0.1, 0.15) is 46.5 Å². The SMILES string of the molecule is CCOC(=O)N1CCC(NC(=O)CCC(C)(C)N)CC1. The van der Waals surface area contributed by atoms with E-state index in [0.29, 0.717) is 32.5 Å². The molecule has 20 heavy (non-hydrogen) atoms. The Morgan fingerprint density at radius 1 is 1.35 bits per heavy atom. The summed E-state index contributed by atoms with van der Waals surface area (Å²) < 4.78 is 4.96. The molecule has 0 aliphatic carbocycles. The van der Waals surface area contributed by atoms with Gasteiger partial charge >= 0.3 is 6.09 Å². The average Bonchev–Trinajstić information content (AvgIpc) is 2.37. The van der Waals surface area contributed by atoms with Gasteiger partial charge in [0.1, 0.15) is 0 Å². The van der Waals surface area contributed by atoms with Crippen molar-refractivity contribution < 1.29 is 14.3 Å². The molecule has 1 saturated heterocycles. The number of likely N-dealkylation sites (tertiary alicyclic amines) is 1. The van der Waals surface area contributed by atoms with Crippen LogP contribution in [0.4, 0.5) is 4.79 Å². The smallest absolute Gasteiger partial charge is 0.409 e. The van der Waals surface area contributed by atoms with Crippen molar-refractivity contribution in [2.45, 2.75) is 58.0 Å². The minimum absolute atomic E-state index is 0.0399. The lowest BCUT2D eigenvalue weighted by molar-refractivity contribution is -0.122. The molecule has 1 aliphatic rings. The first-order valence-corrected chi connectivity index (χ1v) is 7.32. The van der Waals surface area contributed by atoms with Gasteiger partial charge in [0, 0.05) is 31.1 Å². The van der Waals surface area contributed by atoms with E-state index in [1.165, 1.54) is 0 Å². The molecule has 0 bridgehead atoms. The number of hydrogen-bond acceptors (Lipinski definition) is 4. The van der Waals surface area contributed by atoms with E-state index in [1.54, 1.807) is 11.8 Å². The zero-order valence-corrected chi connectivity index (χ0v) is 12.8. The fraction of sp³-hybridized carbons (Fsp3) is 0.857. The minimum Gasteiger partial charge on any atom is -0.450 e. The number of nitrogens with two attached hydrogens (primary N) is 1. The second kappa shape index (κ2) is 7.47. The first kappa shape index (κ1) is 16.8. The van der Waals surface area contributed by atoms with Gasteiger partial charge in [-0.25, -0.2) is 4.79 Å². The fourth-order valence-corrected chi connectivity index (χ4v) is 2.16. The maximum absolute atomic E-state index is 11.8. The van der Waals surface area contributed by atoms with Gasteiger partial charge in [-0.05, 0) is 40.0 Å². The third-order valence-electron chi connectivity index (χ3n) is 3.38. The lowest BCUT2D eigenvalue weighted by atomic mass is 9.99. The summed E-state index contributed by atoms with van der Waals surface area (Å²) in [5.74, 6) is 0.0399. The van der Waals surface area contributed by atoms with Crippen molar-refractivity contribution in [3.63, 3.8) is 0 Å². The van der Waals surface area contributed by atoms with Crippen LogP contribution in [-0.2, 0) is 9.53 Å². The first-order chi connectivity index (χ1) is 9.31. The van der Waals surface area contributed by atoms with Crippen molar-refractivity contribution in [1.82, 2.24) is 10.2 Å². The number of nitrogens with one attached hydrogen (secondary N) is 1. The van der Waals surface area contributed by atoms with Crippen LogP contribution in [0.25, 0.3) is 0 Å². The normalized spacial score (nSPS) is 16.9. The Balaban J connectivity index is 2.25. The third kappa shape index (κ3) is 6.23. The van der Waals surface area contributed by atoms with E-state index in [9.17, 15) is 9.59 Å². The zero-order chi connectivity index (χ0) is 15.2. The molecule has 1 rings (SSSR count). The Labute approximate surface area is 121 Å². The van der Waals surface area contributed by atoms with Crippen molar-refractivity contribution in [2.24, 2.45) is 5.73 Å². The number of ether oxygens (including phenoxy) is 1. The maximum Gasteiger partial charge on any atom is 0.409 e. The van der Waals surface area contributed by atoms with Crippen LogP contribution < -0.4 is 11.1 Å². The number of carbonyl (C=O) groups is 2. The number of hydrogen-bond donors (Lipinski definition) is 2. The minimum atomic E-state index is -0.315. The molecule has 2 amide bonds. The summed E-state index contributed by atoms with van der Waals surface area (Å²) in [6.45, 7) is 7.28. The maximum atomic E-state index is 11.8. The van der Waals surface area contributed by atoms with Crippen molar-refractivity contribution in [1.29, 1.82) is 0 Å². The Morgan fingerprint density at radius 3 is 2.45 bits per heavy atom. The predicted octanol–water partition coefficient (Wildman–Crippen LogP) is 1.24. The van der Waals surface area contributed by atoms with Crippen LogP contribution in [0, 0.1) is 0 Å². The van der Waals surface area contributed by atoms with Crippen LogP contribution in [0.5, 0.6) is 0 Å². The molecular formula is C14H27N3O3. The molecule has 0 spiro atoms. The van der Waals surface area contributed by atoms with Crippen LogP contribution in [0.3, 0.4) is 0 Å². The molecule has 1 fully saturated rings. The Bertz CT molecular complexity index is 331. The van der Waals surface area contributed by atoms with Crippen LogP contribution in [0.15, 0.2) is 0 Å². The van der Waals surface area contributed by atoms with E-state index in [-0.39, 0.29) is 23.6 Å². The highest BCUT2D eigenvalue weighted by molar-refractivity contribution is 5.76. The van der Waals surface area contributed by atoms with Gasteiger partial charge in [0.05, 0.1) is 6.61 Å². The highest BCUT2D eigenvalue weighted by Gasteiger charge is 2.24. The molecule has 3 N–H and O–H groups in total. The largest absolute Gasteiger partial charge is 0.450 e. The summed E-state index contributed by atoms with van der Waals surface area (Å²) in [5.41, 5.74) is 5.54. The molecule has 0 saturated carbocycles. The van der Waals surface area contributed by atoms with E-state index >= 15 is 0 Å². The van der Waals surface area contributed by atoms with E-state index in [1.807, 2.05) is 13.8 Å². The van der Waals surface area contributed by atoms with E-state index in [0.717, 1.165) is 12.8 Å². The Morgan fingerprint density at radius 2 is 1.95 bits per heavy atom. The van der Waals surface area contributed by atoms with Crippen LogP contribution in [-0.4, -0.2) is 48.2 Å². The second-order valence-corrected chi connectivity index (χ2v) is 6.02. The molecule has 0 unspecified atom stereocenters. The van der Waals surface area contributed by atoms with E-state index < -0.39 is 0 Å². The second-order valence-electron chi connectivity index (χ2n) is 6.02. The lowest BCUT2D eigenvalue weighted by Gasteiger charge is -2.31.